The molecule has 0 saturated heterocycles. The number of ether oxygens (including phenoxy) is 7. The zero-order chi connectivity index (χ0) is 45.8. The molecule has 2 aromatic heterocycles. The van der Waals surface area contributed by atoms with Crippen LogP contribution in [0, 0.1) is 0 Å². The van der Waals surface area contributed by atoms with E-state index in [9.17, 15) is 24.3 Å². The number of nitrogens with zero attached hydrogens (tertiary/aromatic N) is 4. The number of anilines is 2. The summed E-state index contributed by atoms with van der Waals surface area (Å²) in [5, 5.41) is 16.7. The number of carbonyl (C=O) groups is 4. The SMILES string of the molecule is CCc1nc(OCCOC(=O)OC(C)(C)C)c2cc(NC(C)(C)C(=O)O)ccc2n1.CCc1nc(OCCOC(=O)OC(C)(C)C)c2cc(NC(C)(C)C(=O)OC)ccc2n1. The lowest BCUT2D eigenvalue weighted by molar-refractivity contribution is -0.144. The van der Waals surface area contributed by atoms with E-state index in [1.165, 1.54) is 7.11 Å². The topological polar surface area (TPSA) is 229 Å². The minimum atomic E-state index is -1.15. The Kier molecular flexibility index (Phi) is 16.8. The quantitative estimate of drug-likeness (QED) is 0.0557. The average molecular weight is 853 g/mol. The summed E-state index contributed by atoms with van der Waals surface area (Å²) in [5.41, 5.74) is -0.680. The predicted octanol–water partition coefficient (Wildman–Crippen LogP) is 7.68. The number of carboxylic acids is 1. The Bertz CT molecular complexity index is 2160. The van der Waals surface area contributed by atoms with E-state index in [0.29, 0.717) is 69.4 Å². The summed E-state index contributed by atoms with van der Waals surface area (Å²) < 4.78 is 36.6. The van der Waals surface area contributed by atoms with Crippen LogP contribution in [0.5, 0.6) is 11.8 Å². The lowest BCUT2D eigenvalue weighted by Gasteiger charge is -2.24. The number of esters is 1. The minimum absolute atomic E-state index is 0.00808. The number of hydrogen-bond donors (Lipinski definition) is 3. The average Bonchev–Trinajstić information content (AvgIpc) is 3.16. The molecule has 0 bridgehead atoms. The number of benzene rings is 2. The van der Waals surface area contributed by atoms with Crippen LogP contribution in [0.4, 0.5) is 21.0 Å². The number of nitrogens with one attached hydrogen (secondary N) is 2. The Balaban J connectivity index is 0.000000325. The van der Waals surface area contributed by atoms with E-state index >= 15 is 0 Å². The highest BCUT2D eigenvalue weighted by atomic mass is 16.7. The first-order valence-corrected chi connectivity index (χ1v) is 19.8. The molecule has 0 radical (unpaired) electrons. The van der Waals surface area contributed by atoms with Gasteiger partial charge >= 0.3 is 24.2 Å². The number of aryl methyl sites for hydroxylation is 2. The molecule has 0 atom stereocenters. The van der Waals surface area contributed by atoms with Gasteiger partial charge in [-0.05, 0) is 106 Å². The standard InChI is InChI=1S/C22H31N3O6.C21H29N3O6/c1-8-17-23-16-10-9-14(25-22(5,6)19(26)28-7)13-15(16)18(24-17)29-11-12-30-20(27)31-21(2,3)4;1-7-16-22-15-9-8-13(24-21(5,6)18(25)26)12-14(15)17(23-16)28-10-11-29-19(27)30-20(2,3)4/h9-10,13,25H,8,11-12H2,1-7H3;8-9,12,24H,7,10-11H2,1-6H3,(H,25,26). The van der Waals surface area contributed by atoms with Crippen LogP contribution in [0.1, 0.15) is 94.7 Å². The number of aliphatic carboxylic acids is 1. The molecule has 0 aliphatic heterocycles. The summed E-state index contributed by atoms with van der Waals surface area (Å²) >= 11 is 0. The number of carbonyl (C=O) groups excluding carboxylic acids is 3. The summed E-state index contributed by atoms with van der Waals surface area (Å²) in [6.07, 6.45) is -0.271. The molecular weight excluding hydrogens is 793 g/mol. The molecule has 0 unspecified atom stereocenters. The van der Waals surface area contributed by atoms with Gasteiger partial charge in [-0.1, -0.05) is 13.8 Å². The highest BCUT2D eigenvalue weighted by molar-refractivity contribution is 5.90. The molecule has 0 saturated carbocycles. The van der Waals surface area contributed by atoms with Crippen LogP contribution in [0.25, 0.3) is 21.8 Å². The second kappa shape index (κ2) is 20.9. The number of aromatic nitrogens is 4. The number of carboxylic acid groups (broad SMARTS) is 1. The van der Waals surface area contributed by atoms with Crippen molar-refractivity contribution in [3.05, 3.63) is 48.0 Å². The highest BCUT2D eigenvalue weighted by Crippen LogP contribution is 2.29. The van der Waals surface area contributed by atoms with Crippen molar-refractivity contribution < 1.29 is 57.4 Å². The minimum Gasteiger partial charge on any atom is -0.480 e. The summed E-state index contributed by atoms with van der Waals surface area (Å²) in [5.74, 6) is 0.579. The number of methoxy groups -OCH3 is 1. The second-order valence-corrected chi connectivity index (χ2v) is 16.7. The van der Waals surface area contributed by atoms with Crippen LogP contribution in [0.3, 0.4) is 0 Å². The van der Waals surface area contributed by atoms with Crippen molar-refractivity contribution in [2.24, 2.45) is 0 Å². The van der Waals surface area contributed by atoms with E-state index in [0.717, 1.165) is 0 Å². The van der Waals surface area contributed by atoms with Gasteiger partial charge in [0.15, 0.2) is 0 Å². The third-order valence-electron chi connectivity index (χ3n) is 8.05. The number of hydrogen-bond acceptors (Lipinski definition) is 17. The van der Waals surface area contributed by atoms with Crippen molar-refractivity contribution in [1.82, 2.24) is 19.9 Å². The van der Waals surface area contributed by atoms with E-state index in [1.54, 1.807) is 87.4 Å². The van der Waals surface area contributed by atoms with Gasteiger partial charge in [0, 0.05) is 24.2 Å². The van der Waals surface area contributed by atoms with Crippen molar-refractivity contribution in [1.29, 1.82) is 0 Å². The monoisotopic (exact) mass is 852 g/mol. The highest BCUT2D eigenvalue weighted by Gasteiger charge is 2.29. The Morgan fingerprint density at radius 1 is 0.590 bits per heavy atom. The van der Waals surface area contributed by atoms with Crippen LogP contribution in [0.15, 0.2) is 36.4 Å². The van der Waals surface area contributed by atoms with Crippen molar-refractivity contribution in [3.63, 3.8) is 0 Å². The van der Waals surface area contributed by atoms with Gasteiger partial charge in [-0.25, -0.2) is 29.1 Å². The maximum absolute atomic E-state index is 12.0. The fourth-order valence-corrected chi connectivity index (χ4v) is 5.15. The molecule has 0 amide bonds. The summed E-state index contributed by atoms with van der Waals surface area (Å²) in [6, 6.07) is 10.7. The molecule has 2 aromatic carbocycles. The van der Waals surface area contributed by atoms with Crippen molar-refractivity contribution in [3.8, 4) is 11.8 Å². The number of rotatable bonds is 16. The molecule has 18 heteroatoms. The molecule has 3 N–H and O–H groups in total. The predicted molar refractivity (Wildman–Crippen MR) is 228 cm³/mol. The third kappa shape index (κ3) is 15.7. The molecule has 0 fully saturated rings. The molecule has 61 heavy (non-hydrogen) atoms. The maximum Gasteiger partial charge on any atom is 0.508 e. The molecule has 0 spiro atoms. The maximum atomic E-state index is 12.0. The normalized spacial score (nSPS) is 11.8. The van der Waals surface area contributed by atoms with Gasteiger partial charge in [-0.2, -0.15) is 9.97 Å². The summed E-state index contributed by atoms with van der Waals surface area (Å²) in [6.45, 7) is 21.2. The van der Waals surface area contributed by atoms with E-state index in [-0.39, 0.29) is 32.4 Å². The van der Waals surface area contributed by atoms with E-state index < -0.39 is 40.6 Å². The first-order valence-electron chi connectivity index (χ1n) is 19.8. The molecule has 0 aliphatic rings. The first kappa shape index (κ1) is 49.2. The Morgan fingerprint density at radius 3 is 1.33 bits per heavy atom. The molecule has 0 aliphatic carbocycles. The van der Waals surface area contributed by atoms with Crippen LogP contribution in [0.2, 0.25) is 0 Å². The summed E-state index contributed by atoms with van der Waals surface area (Å²) in [4.78, 5) is 64.6. The van der Waals surface area contributed by atoms with Gasteiger partial charge in [-0.15, -0.1) is 0 Å². The van der Waals surface area contributed by atoms with Crippen molar-refractivity contribution >= 4 is 57.4 Å². The van der Waals surface area contributed by atoms with Gasteiger partial charge in [0.1, 0.15) is 60.4 Å². The molecule has 2 heterocycles. The van der Waals surface area contributed by atoms with Gasteiger partial charge in [0.25, 0.3) is 0 Å². The zero-order valence-corrected chi connectivity index (χ0v) is 37.4. The molecule has 4 rings (SSSR count). The van der Waals surface area contributed by atoms with Gasteiger partial charge in [-0.3, -0.25) is 0 Å². The Labute approximate surface area is 356 Å². The van der Waals surface area contributed by atoms with Gasteiger partial charge < -0.3 is 48.9 Å². The van der Waals surface area contributed by atoms with Gasteiger partial charge in [0.2, 0.25) is 11.8 Å². The lowest BCUT2D eigenvalue weighted by atomic mass is 10.1. The van der Waals surface area contributed by atoms with Crippen LogP contribution < -0.4 is 20.1 Å². The van der Waals surface area contributed by atoms with Crippen LogP contribution in [-0.4, -0.2) is 105 Å². The molecular formula is C43H60N6O12. The van der Waals surface area contributed by atoms with Crippen molar-refractivity contribution in [2.45, 2.75) is 118 Å². The smallest absolute Gasteiger partial charge is 0.480 e. The van der Waals surface area contributed by atoms with Crippen LogP contribution >= 0.6 is 0 Å². The zero-order valence-electron chi connectivity index (χ0n) is 37.4. The third-order valence-corrected chi connectivity index (χ3v) is 8.05. The summed E-state index contributed by atoms with van der Waals surface area (Å²) in [7, 11) is 1.34. The largest absolute Gasteiger partial charge is 0.508 e. The van der Waals surface area contributed by atoms with E-state index in [1.807, 2.05) is 32.0 Å². The number of fused-ring (bicyclic) bond motifs is 2. The molecule has 18 nitrogen and oxygen atoms in total. The van der Waals surface area contributed by atoms with Crippen molar-refractivity contribution in [2.75, 3.05) is 44.2 Å². The van der Waals surface area contributed by atoms with E-state index in [4.69, 9.17) is 33.2 Å². The lowest BCUT2D eigenvalue weighted by Crippen LogP contribution is -2.41. The first-order chi connectivity index (χ1) is 28.4. The Morgan fingerprint density at radius 2 is 0.984 bits per heavy atom. The second-order valence-electron chi connectivity index (χ2n) is 16.7. The molecule has 334 valence electrons. The fraction of sp³-hybridized carbons (Fsp3) is 0.535. The fourth-order valence-electron chi connectivity index (χ4n) is 5.15. The van der Waals surface area contributed by atoms with E-state index in [2.05, 4.69) is 30.6 Å². The van der Waals surface area contributed by atoms with Crippen LogP contribution in [-0.2, 0) is 46.1 Å². The Hall–Kier alpha value is -6.20. The molecule has 4 aromatic rings. The van der Waals surface area contributed by atoms with Gasteiger partial charge in [0.05, 0.1) is 28.9 Å².